The number of piperazine rings is 1. The molecule has 18 heavy (non-hydrogen) atoms. The van der Waals surface area contributed by atoms with Crippen LogP contribution in [0.3, 0.4) is 0 Å². The summed E-state index contributed by atoms with van der Waals surface area (Å²) in [4.78, 5) is 25.3. The molecule has 1 aromatic rings. The molecular weight excluding hydrogens is 228 g/mol. The van der Waals surface area contributed by atoms with Gasteiger partial charge < -0.3 is 10.2 Å². The first-order valence-corrected chi connectivity index (χ1v) is 6.24. The quantitative estimate of drug-likeness (QED) is 0.872. The first kappa shape index (κ1) is 12.6. The van der Waals surface area contributed by atoms with E-state index in [4.69, 9.17) is 0 Å². The molecule has 0 bridgehead atoms. The molecule has 1 heterocycles. The highest BCUT2D eigenvalue weighted by Crippen LogP contribution is 2.14. The molecule has 1 aliphatic rings. The molecule has 0 aromatic heterocycles. The van der Waals surface area contributed by atoms with Gasteiger partial charge in [-0.15, -0.1) is 0 Å². The Morgan fingerprint density at radius 2 is 2.06 bits per heavy atom. The maximum absolute atomic E-state index is 12.1. The van der Waals surface area contributed by atoms with E-state index in [1.54, 1.807) is 4.90 Å². The van der Waals surface area contributed by atoms with Gasteiger partial charge in [0, 0.05) is 6.54 Å². The van der Waals surface area contributed by atoms with E-state index in [0.29, 0.717) is 13.0 Å². The predicted molar refractivity (Wildman–Crippen MR) is 68.8 cm³/mol. The molecule has 0 radical (unpaired) electrons. The fraction of sp³-hybridized carbons (Fsp3) is 0.429. The summed E-state index contributed by atoms with van der Waals surface area (Å²) in [5.74, 6) is -0.0598. The molecule has 4 heteroatoms. The number of carbonyl (C=O) groups excluding carboxylic acids is 2. The molecule has 1 aliphatic heterocycles. The summed E-state index contributed by atoms with van der Waals surface area (Å²) in [5.41, 5.74) is 2.24. The van der Waals surface area contributed by atoms with Crippen LogP contribution < -0.4 is 5.32 Å². The predicted octanol–water partition coefficient (Wildman–Crippen LogP) is 1.23. The van der Waals surface area contributed by atoms with E-state index < -0.39 is 0 Å². The van der Waals surface area contributed by atoms with Crippen LogP contribution in [0.25, 0.3) is 0 Å². The summed E-state index contributed by atoms with van der Waals surface area (Å²) in [6, 6.07) is 7.57. The lowest BCUT2D eigenvalue weighted by Crippen LogP contribution is -2.57. The van der Waals surface area contributed by atoms with Crippen LogP contribution in [-0.2, 0) is 16.1 Å². The molecule has 1 N–H and O–H groups in total. The van der Waals surface area contributed by atoms with Gasteiger partial charge in [-0.25, -0.2) is 0 Å². The van der Waals surface area contributed by atoms with Crippen LogP contribution in [0.1, 0.15) is 24.5 Å². The van der Waals surface area contributed by atoms with Crippen LogP contribution in [0.2, 0.25) is 0 Å². The van der Waals surface area contributed by atoms with Crippen LogP contribution in [-0.4, -0.2) is 29.3 Å². The molecule has 0 saturated carbocycles. The van der Waals surface area contributed by atoms with Gasteiger partial charge in [-0.05, 0) is 24.5 Å². The van der Waals surface area contributed by atoms with E-state index in [-0.39, 0.29) is 24.4 Å². The molecule has 1 unspecified atom stereocenters. The van der Waals surface area contributed by atoms with Crippen molar-refractivity contribution in [3.63, 3.8) is 0 Å². The lowest BCUT2D eigenvalue weighted by Gasteiger charge is -2.32. The number of carbonyl (C=O) groups is 2. The Kier molecular flexibility index (Phi) is 3.65. The Hall–Kier alpha value is -1.84. The second-order valence-corrected chi connectivity index (χ2v) is 4.65. The molecule has 4 nitrogen and oxygen atoms in total. The summed E-state index contributed by atoms with van der Waals surface area (Å²) in [7, 11) is 0. The van der Waals surface area contributed by atoms with Gasteiger partial charge in [-0.1, -0.05) is 31.2 Å². The van der Waals surface area contributed by atoms with E-state index in [2.05, 4.69) is 5.32 Å². The van der Waals surface area contributed by atoms with Crippen LogP contribution in [0, 0.1) is 6.92 Å². The van der Waals surface area contributed by atoms with Crippen LogP contribution >= 0.6 is 0 Å². The van der Waals surface area contributed by atoms with Crippen molar-refractivity contribution < 1.29 is 9.59 Å². The monoisotopic (exact) mass is 246 g/mol. The highest BCUT2D eigenvalue weighted by atomic mass is 16.2. The Balaban J connectivity index is 2.15. The van der Waals surface area contributed by atoms with Crippen LogP contribution in [0.5, 0.6) is 0 Å². The maximum Gasteiger partial charge on any atom is 0.245 e. The number of hydrogen-bond acceptors (Lipinski definition) is 2. The van der Waals surface area contributed by atoms with Crippen LogP contribution in [0.15, 0.2) is 24.3 Å². The van der Waals surface area contributed by atoms with Crippen molar-refractivity contribution in [2.75, 3.05) is 6.54 Å². The number of rotatable bonds is 3. The molecule has 0 aliphatic carbocycles. The van der Waals surface area contributed by atoms with Crippen molar-refractivity contribution in [1.29, 1.82) is 0 Å². The Bertz CT molecular complexity index is 471. The minimum Gasteiger partial charge on any atom is -0.343 e. The minimum absolute atomic E-state index is 0.0142. The zero-order valence-electron chi connectivity index (χ0n) is 10.8. The van der Waals surface area contributed by atoms with E-state index in [1.807, 2.05) is 38.1 Å². The minimum atomic E-state index is -0.365. The fourth-order valence-electron chi connectivity index (χ4n) is 2.18. The maximum atomic E-state index is 12.1. The number of benzene rings is 1. The Morgan fingerprint density at radius 1 is 1.33 bits per heavy atom. The number of nitrogens with one attached hydrogen (secondary N) is 1. The van der Waals surface area contributed by atoms with Crippen molar-refractivity contribution in [2.45, 2.75) is 32.9 Å². The number of hydrogen-bond donors (Lipinski definition) is 1. The zero-order chi connectivity index (χ0) is 13.1. The molecule has 1 saturated heterocycles. The van der Waals surface area contributed by atoms with Crippen molar-refractivity contribution >= 4 is 11.8 Å². The summed E-state index contributed by atoms with van der Waals surface area (Å²) < 4.78 is 0. The third-order valence-electron chi connectivity index (χ3n) is 3.31. The molecule has 96 valence electrons. The van der Waals surface area contributed by atoms with Gasteiger partial charge >= 0.3 is 0 Å². The largest absolute Gasteiger partial charge is 0.343 e. The van der Waals surface area contributed by atoms with E-state index >= 15 is 0 Å². The Morgan fingerprint density at radius 3 is 2.72 bits per heavy atom. The molecule has 1 fully saturated rings. The average Bonchev–Trinajstić information content (AvgIpc) is 2.36. The van der Waals surface area contributed by atoms with Crippen molar-refractivity contribution in [2.24, 2.45) is 0 Å². The van der Waals surface area contributed by atoms with Gasteiger partial charge in [-0.3, -0.25) is 9.59 Å². The first-order chi connectivity index (χ1) is 8.61. The second-order valence-electron chi connectivity index (χ2n) is 4.65. The van der Waals surface area contributed by atoms with E-state index in [0.717, 1.165) is 11.1 Å². The Labute approximate surface area is 107 Å². The molecule has 0 spiro atoms. The third-order valence-corrected chi connectivity index (χ3v) is 3.31. The third kappa shape index (κ3) is 2.53. The van der Waals surface area contributed by atoms with E-state index in [9.17, 15) is 9.59 Å². The lowest BCUT2D eigenvalue weighted by atomic mass is 10.1. The number of aryl methyl sites for hydroxylation is 1. The highest BCUT2D eigenvalue weighted by Gasteiger charge is 2.31. The SMILES string of the molecule is CCC1NC(=O)CN(Cc2ccccc2C)C1=O. The molecule has 1 aromatic carbocycles. The zero-order valence-corrected chi connectivity index (χ0v) is 10.8. The number of nitrogens with zero attached hydrogens (tertiary/aromatic N) is 1. The molecule has 1 atom stereocenters. The van der Waals surface area contributed by atoms with Gasteiger partial charge in [0.05, 0.1) is 6.54 Å². The van der Waals surface area contributed by atoms with Crippen LogP contribution in [0.4, 0.5) is 0 Å². The summed E-state index contributed by atoms with van der Waals surface area (Å²) in [6.07, 6.45) is 0.634. The first-order valence-electron chi connectivity index (χ1n) is 6.24. The topological polar surface area (TPSA) is 49.4 Å². The number of amides is 2. The van der Waals surface area contributed by atoms with Crippen molar-refractivity contribution in [3.8, 4) is 0 Å². The van der Waals surface area contributed by atoms with E-state index in [1.165, 1.54) is 0 Å². The van der Waals surface area contributed by atoms with Gasteiger partial charge in [-0.2, -0.15) is 0 Å². The summed E-state index contributed by atoms with van der Waals surface area (Å²) in [5, 5.41) is 2.72. The van der Waals surface area contributed by atoms with Gasteiger partial charge in [0.15, 0.2) is 0 Å². The average molecular weight is 246 g/mol. The van der Waals surface area contributed by atoms with Crippen molar-refractivity contribution in [3.05, 3.63) is 35.4 Å². The summed E-state index contributed by atoms with van der Waals surface area (Å²) in [6.45, 7) is 4.58. The molecule has 2 amide bonds. The normalized spacial score (nSPS) is 19.9. The van der Waals surface area contributed by atoms with Gasteiger partial charge in [0.2, 0.25) is 11.8 Å². The van der Waals surface area contributed by atoms with Gasteiger partial charge in [0.1, 0.15) is 6.04 Å². The smallest absolute Gasteiger partial charge is 0.245 e. The fourth-order valence-corrected chi connectivity index (χ4v) is 2.18. The van der Waals surface area contributed by atoms with Gasteiger partial charge in [0.25, 0.3) is 0 Å². The standard InChI is InChI=1S/C14H18N2O2/c1-3-12-14(18)16(9-13(17)15-12)8-11-7-5-4-6-10(11)2/h4-7,12H,3,8-9H2,1-2H3,(H,15,17). The van der Waals surface area contributed by atoms with Crippen molar-refractivity contribution in [1.82, 2.24) is 10.2 Å². The molecular formula is C14H18N2O2. The molecule has 2 rings (SSSR count). The highest BCUT2D eigenvalue weighted by molar-refractivity contribution is 5.94. The lowest BCUT2D eigenvalue weighted by molar-refractivity contribution is -0.144. The summed E-state index contributed by atoms with van der Waals surface area (Å²) >= 11 is 0. The second kappa shape index (κ2) is 5.21.